The van der Waals surface area contributed by atoms with E-state index in [-0.39, 0.29) is 5.91 Å². The molecule has 1 aromatic heterocycles. The summed E-state index contributed by atoms with van der Waals surface area (Å²) in [5, 5.41) is 11.6. The molecule has 1 saturated carbocycles. The molecule has 0 bridgehead atoms. The van der Waals surface area contributed by atoms with Crippen molar-refractivity contribution in [3.05, 3.63) is 0 Å². The summed E-state index contributed by atoms with van der Waals surface area (Å²) in [7, 11) is 0. The smallest absolute Gasteiger partial charge is 0.226 e. The molecule has 0 radical (unpaired) electrons. The lowest BCUT2D eigenvalue weighted by Gasteiger charge is -2.07. The quantitative estimate of drug-likeness (QED) is 0.612. The summed E-state index contributed by atoms with van der Waals surface area (Å²) in [5.74, 6) is 1.88. The van der Waals surface area contributed by atoms with Crippen LogP contribution < -0.4 is 5.32 Å². The third-order valence-electron chi connectivity index (χ3n) is 3.34. The Hall–Kier alpha value is -0.620. The summed E-state index contributed by atoms with van der Waals surface area (Å²) in [6, 6.07) is 0. The number of nitrogens with zero attached hydrogens (tertiary/aromatic N) is 2. The fourth-order valence-electron chi connectivity index (χ4n) is 2.32. The van der Waals surface area contributed by atoms with Crippen molar-refractivity contribution >= 4 is 34.1 Å². The predicted octanol–water partition coefficient (Wildman–Crippen LogP) is 3.95. The Labute approximate surface area is 122 Å². The van der Waals surface area contributed by atoms with Gasteiger partial charge in [-0.05, 0) is 18.8 Å². The highest BCUT2D eigenvalue weighted by molar-refractivity contribution is 8.01. The first-order valence-electron chi connectivity index (χ1n) is 7.04. The Bertz CT molecular complexity index is 402. The van der Waals surface area contributed by atoms with Gasteiger partial charge in [-0.3, -0.25) is 4.79 Å². The molecule has 2 rings (SSSR count). The molecule has 1 aromatic rings. The van der Waals surface area contributed by atoms with E-state index in [2.05, 4.69) is 22.4 Å². The van der Waals surface area contributed by atoms with Crippen LogP contribution in [-0.4, -0.2) is 21.9 Å². The van der Waals surface area contributed by atoms with Crippen LogP contribution in [0.4, 0.5) is 5.13 Å². The molecule has 0 spiro atoms. The van der Waals surface area contributed by atoms with E-state index in [0.717, 1.165) is 28.9 Å². The van der Waals surface area contributed by atoms with Crippen LogP contribution in [0.15, 0.2) is 4.34 Å². The average molecular weight is 299 g/mol. The second-order valence-electron chi connectivity index (χ2n) is 4.96. The number of anilines is 1. The Morgan fingerprint density at radius 3 is 2.95 bits per heavy atom. The maximum Gasteiger partial charge on any atom is 0.226 e. The molecule has 1 N–H and O–H groups in total. The molecule has 1 amide bonds. The molecule has 1 aliphatic carbocycles. The van der Waals surface area contributed by atoms with Gasteiger partial charge in [0.1, 0.15) is 0 Å². The number of carbonyl (C=O) groups is 1. The summed E-state index contributed by atoms with van der Waals surface area (Å²) >= 11 is 3.16. The largest absolute Gasteiger partial charge is 0.301 e. The number of hydrogen-bond donors (Lipinski definition) is 1. The minimum absolute atomic E-state index is 0.0788. The number of rotatable bonds is 7. The molecule has 0 aromatic carbocycles. The van der Waals surface area contributed by atoms with E-state index >= 15 is 0 Å². The SMILES string of the molecule is CCCSc1nnc(NC(=O)CCC2CCCC2)s1. The van der Waals surface area contributed by atoms with Gasteiger partial charge in [0.05, 0.1) is 0 Å². The van der Waals surface area contributed by atoms with Crippen molar-refractivity contribution < 1.29 is 4.79 Å². The fraction of sp³-hybridized carbons (Fsp3) is 0.769. The van der Waals surface area contributed by atoms with Crippen molar-refractivity contribution in [2.75, 3.05) is 11.1 Å². The first kappa shape index (κ1) is 14.8. The highest BCUT2D eigenvalue weighted by atomic mass is 32.2. The van der Waals surface area contributed by atoms with Crippen molar-refractivity contribution in [2.24, 2.45) is 5.92 Å². The molecule has 1 heterocycles. The summed E-state index contributed by atoms with van der Waals surface area (Å²) in [4.78, 5) is 11.8. The third-order valence-corrected chi connectivity index (χ3v) is 5.51. The van der Waals surface area contributed by atoms with E-state index in [1.54, 1.807) is 11.8 Å². The molecule has 0 aliphatic heterocycles. The lowest BCUT2D eigenvalue weighted by molar-refractivity contribution is -0.116. The maximum atomic E-state index is 11.8. The van der Waals surface area contributed by atoms with Crippen molar-refractivity contribution in [1.82, 2.24) is 10.2 Å². The molecule has 19 heavy (non-hydrogen) atoms. The van der Waals surface area contributed by atoms with Gasteiger partial charge in [-0.25, -0.2) is 0 Å². The van der Waals surface area contributed by atoms with Crippen molar-refractivity contribution in [1.29, 1.82) is 0 Å². The number of nitrogens with one attached hydrogen (secondary N) is 1. The topological polar surface area (TPSA) is 54.9 Å². The first-order valence-corrected chi connectivity index (χ1v) is 8.84. The van der Waals surface area contributed by atoms with Gasteiger partial charge in [0.15, 0.2) is 4.34 Å². The minimum Gasteiger partial charge on any atom is -0.301 e. The number of amides is 1. The Morgan fingerprint density at radius 1 is 1.42 bits per heavy atom. The van der Waals surface area contributed by atoms with E-state index < -0.39 is 0 Å². The van der Waals surface area contributed by atoms with E-state index in [1.807, 2.05) is 0 Å². The van der Waals surface area contributed by atoms with Gasteiger partial charge in [0.25, 0.3) is 0 Å². The van der Waals surface area contributed by atoms with Gasteiger partial charge in [0, 0.05) is 12.2 Å². The Balaban J connectivity index is 1.70. The summed E-state index contributed by atoms with van der Waals surface area (Å²) in [6.45, 7) is 2.14. The lowest BCUT2D eigenvalue weighted by atomic mass is 10.0. The zero-order chi connectivity index (χ0) is 13.5. The Morgan fingerprint density at radius 2 is 2.21 bits per heavy atom. The highest BCUT2D eigenvalue weighted by Crippen LogP contribution is 2.29. The van der Waals surface area contributed by atoms with Crippen LogP contribution >= 0.6 is 23.1 Å². The van der Waals surface area contributed by atoms with Crippen LogP contribution in [0.1, 0.15) is 51.9 Å². The Kier molecular flexibility index (Phi) is 6.10. The molecule has 6 heteroatoms. The zero-order valence-corrected chi connectivity index (χ0v) is 13.0. The van der Waals surface area contributed by atoms with Crippen LogP contribution in [-0.2, 0) is 4.79 Å². The van der Waals surface area contributed by atoms with Crippen LogP contribution in [0.2, 0.25) is 0 Å². The van der Waals surface area contributed by atoms with Gasteiger partial charge >= 0.3 is 0 Å². The van der Waals surface area contributed by atoms with Crippen LogP contribution in [0.3, 0.4) is 0 Å². The molecular formula is C13H21N3OS2. The number of thioether (sulfide) groups is 1. The van der Waals surface area contributed by atoms with Crippen molar-refractivity contribution in [3.8, 4) is 0 Å². The fourth-order valence-corrected chi connectivity index (χ4v) is 4.02. The second-order valence-corrected chi connectivity index (χ2v) is 7.28. The lowest BCUT2D eigenvalue weighted by Crippen LogP contribution is -2.12. The molecule has 0 unspecified atom stereocenters. The molecule has 1 aliphatic rings. The summed E-state index contributed by atoms with van der Waals surface area (Å²) < 4.78 is 0.938. The average Bonchev–Trinajstić information content (AvgIpc) is 3.05. The predicted molar refractivity (Wildman–Crippen MR) is 80.7 cm³/mol. The molecule has 4 nitrogen and oxygen atoms in total. The van der Waals surface area contributed by atoms with Gasteiger partial charge in [-0.15, -0.1) is 10.2 Å². The molecule has 0 saturated heterocycles. The molecule has 0 atom stereocenters. The minimum atomic E-state index is 0.0788. The molecule has 106 valence electrons. The normalized spacial score (nSPS) is 15.8. The van der Waals surface area contributed by atoms with E-state index in [1.165, 1.54) is 37.0 Å². The van der Waals surface area contributed by atoms with Crippen LogP contribution in [0, 0.1) is 5.92 Å². The van der Waals surface area contributed by atoms with Crippen LogP contribution in [0.5, 0.6) is 0 Å². The second kappa shape index (κ2) is 7.85. The van der Waals surface area contributed by atoms with Crippen molar-refractivity contribution in [3.63, 3.8) is 0 Å². The number of aromatic nitrogens is 2. The van der Waals surface area contributed by atoms with E-state index in [0.29, 0.717) is 11.6 Å². The molecule has 1 fully saturated rings. The third kappa shape index (κ3) is 5.10. The number of carbonyl (C=O) groups excluding carboxylic acids is 1. The van der Waals surface area contributed by atoms with Gasteiger partial charge in [-0.2, -0.15) is 0 Å². The summed E-state index contributed by atoms with van der Waals surface area (Å²) in [5.41, 5.74) is 0. The van der Waals surface area contributed by atoms with Gasteiger partial charge in [-0.1, -0.05) is 55.7 Å². The van der Waals surface area contributed by atoms with Gasteiger partial charge < -0.3 is 5.32 Å². The van der Waals surface area contributed by atoms with Gasteiger partial charge in [0.2, 0.25) is 11.0 Å². The van der Waals surface area contributed by atoms with E-state index in [9.17, 15) is 4.79 Å². The first-order chi connectivity index (χ1) is 9.28. The number of hydrogen-bond acceptors (Lipinski definition) is 5. The van der Waals surface area contributed by atoms with Crippen LogP contribution in [0.25, 0.3) is 0 Å². The standard InChI is InChI=1S/C13H21N3OS2/c1-2-9-18-13-16-15-12(19-13)14-11(17)8-7-10-5-3-4-6-10/h10H,2-9H2,1H3,(H,14,15,17). The monoisotopic (exact) mass is 299 g/mol. The van der Waals surface area contributed by atoms with E-state index in [4.69, 9.17) is 0 Å². The highest BCUT2D eigenvalue weighted by Gasteiger charge is 2.16. The maximum absolute atomic E-state index is 11.8. The zero-order valence-electron chi connectivity index (χ0n) is 11.4. The molecular weight excluding hydrogens is 278 g/mol. The summed E-state index contributed by atoms with van der Waals surface area (Å²) in [6.07, 6.45) is 8.01. The van der Waals surface area contributed by atoms with Crippen molar-refractivity contribution in [2.45, 2.75) is 56.2 Å².